The summed E-state index contributed by atoms with van der Waals surface area (Å²) < 4.78 is 14.9. The van der Waals surface area contributed by atoms with E-state index in [0.29, 0.717) is 18.8 Å². The van der Waals surface area contributed by atoms with Crippen LogP contribution in [0.2, 0.25) is 0 Å². The van der Waals surface area contributed by atoms with Crippen LogP contribution in [-0.4, -0.2) is 52.7 Å². The summed E-state index contributed by atoms with van der Waals surface area (Å²) in [6, 6.07) is 24.5. The average molecular weight is 513 g/mol. The lowest BCUT2D eigenvalue weighted by Gasteiger charge is -2.15. The number of benzene rings is 3. The van der Waals surface area contributed by atoms with E-state index in [4.69, 9.17) is 9.47 Å². The van der Waals surface area contributed by atoms with E-state index in [1.165, 1.54) is 0 Å². The lowest BCUT2D eigenvalue weighted by atomic mass is 10.3. The molecule has 0 radical (unpaired) electrons. The van der Waals surface area contributed by atoms with Gasteiger partial charge in [-0.3, -0.25) is 13.9 Å². The van der Waals surface area contributed by atoms with Crippen molar-refractivity contribution in [3.8, 4) is 28.6 Å². The Morgan fingerprint density at radius 2 is 1.37 bits per heavy atom. The molecule has 2 heterocycles. The van der Waals surface area contributed by atoms with Crippen LogP contribution in [0.3, 0.4) is 0 Å². The molecule has 0 spiro atoms. The summed E-state index contributed by atoms with van der Waals surface area (Å²) in [7, 11) is 0. The number of aromatic nitrogens is 2. The molecule has 0 atom stereocenters. The van der Waals surface area contributed by atoms with Gasteiger partial charge >= 0.3 is 5.69 Å². The molecule has 1 fully saturated rings. The maximum Gasteiger partial charge on any atom is 0.337 e. The van der Waals surface area contributed by atoms with Gasteiger partial charge in [0, 0.05) is 38.4 Å². The number of imidazole rings is 1. The summed E-state index contributed by atoms with van der Waals surface area (Å²) in [5.74, 6) is 2.49. The number of rotatable bonds is 12. The number of carbonyl (C=O) groups is 1. The quantitative estimate of drug-likeness (QED) is 0.285. The highest BCUT2D eigenvalue weighted by molar-refractivity contribution is 5.78. The number of para-hydroxylation sites is 1. The maximum atomic E-state index is 13.1. The van der Waals surface area contributed by atoms with Crippen LogP contribution >= 0.6 is 0 Å². The lowest BCUT2D eigenvalue weighted by molar-refractivity contribution is -0.127. The SMILES string of the molecule is O=C1CCCN1CCCNCCOc1ccc(-n2ccn(-c3ccc(Oc4ccccc4)cc3)c2=O)cc1. The topological polar surface area (TPSA) is 77.7 Å². The number of amides is 1. The Hall–Kier alpha value is -4.30. The molecule has 1 N–H and O–H groups in total. The Labute approximate surface area is 222 Å². The van der Waals surface area contributed by atoms with Crippen LogP contribution in [0.1, 0.15) is 19.3 Å². The number of hydrogen-bond donors (Lipinski definition) is 1. The Kier molecular flexibility index (Phi) is 8.20. The summed E-state index contributed by atoms with van der Waals surface area (Å²) in [5.41, 5.74) is 1.36. The van der Waals surface area contributed by atoms with Crippen LogP contribution in [0.4, 0.5) is 0 Å². The van der Waals surface area contributed by atoms with Gasteiger partial charge in [-0.15, -0.1) is 0 Å². The van der Waals surface area contributed by atoms with Gasteiger partial charge in [0.2, 0.25) is 5.91 Å². The Morgan fingerprint density at radius 3 is 2.00 bits per heavy atom. The minimum Gasteiger partial charge on any atom is -0.492 e. The number of nitrogens with zero attached hydrogens (tertiary/aromatic N) is 3. The van der Waals surface area contributed by atoms with Crippen LogP contribution in [0.15, 0.2) is 96.1 Å². The van der Waals surface area contributed by atoms with Gasteiger partial charge in [-0.25, -0.2) is 4.79 Å². The van der Waals surface area contributed by atoms with E-state index in [-0.39, 0.29) is 11.6 Å². The van der Waals surface area contributed by atoms with Crippen molar-refractivity contribution in [2.45, 2.75) is 19.3 Å². The van der Waals surface area contributed by atoms with E-state index in [1.54, 1.807) is 21.5 Å². The minimum absolute atomic E-state index is 0.157. The van der Waals surface area contributed by atoms with Crippen molar-refractivity contribution in [1.82, 2.24) is 19.4 Å². The first-order chi connectivity index (χ1) is 18.7. The van der Waals surface area contributed by atoms with Gasteiger partial charge in [-0.1, -0.05) is 18.2 Å². The van der Waals surface area contributed by atoms with Crippen molar-refractivity contribution in [2.75, 3.05) is 32.8 Å². The third-order valence-electron chi connectivity index (χ3n) is 6.49. The van der Waals surface area contributed by atoms with Gasteiger partial charge in [-0.05, 0) is 80.1 Å². The molecule has 4 aromatic rings. The molecular formula is C30H32N4O4. The molecule has 0 bridgehead atoms. The van der Waals surface area contributed by atoms with Crippen molar-refractivity contribution in [2.24, 2.45) is 0 Å². The standard InChI is InChI=1S/C30H32N4O4/c35-29-8-4-19-32(29)20-5-17-31-18-23-37-26-13-9-24(10-14-26)33-21-22-34(30(33)36)25-11-15-28(16-12-25)38-27-6-2-1-3-7-27/h1-3,6-7,9-16,21-22,31H,4-5,8,17-20,23H2. The first-order valence-corrected chi connectivity index (χ1v) is 13.0. The average Bonchev–Trinajstić information content (AvgIpc) is 3.54. The first kappa shape index (κ1) is 25.4. The molecule has 1 saturated heterocycles. The first-order valence-electron chi connectivity index (χ1n) is 13.0. The van der Waals surface area contributed by atoms with Crippen LogP contribution in [0.25, 0.3) is 11.4 Å². The fourth-order valence-corrected chi connectivity index (χ4v) is 4.47. The Balaban J connectivity index is 1.10. The van der Waals surface area contributed by atoms with Crippen molar-refractivity contribution in [3.63, 3.8) is 0 Å². The highest BCUT2D eigenvalue weighted by Crippen LogP contribution is 2.22. The Bertz CT molecular complexity index is 1380. The summed E-state index contributed by atoms with van der Waals surface area (Å²) >= 11 is 0. The highest BCUT2D eigenvalue weighted by atomic mass is 16.5. The second kappa shape index (κ2) is 12.3. The molecular weight excluding hydrogens is 480 g/mol. The van der Waals surface area contributed by atoms with E-state index in [9.17, 15) is 9.59 Å². The number of hydrogen-bond acceptors (Lipinski definition) is 5. The zero-order valence-corrected chi connectivity index (χ0v) is 21.3. The fraction of sp³-hybridized carbons (Fsp3) is 0.267. The third kappa shape index (κ3) is 6.33. The minimum atomic E-state index is -0.157. The van der Waals surface area contributed by atoms with Crippen molar-refractivity contribution < 1.29 is 14.3 Å². The highest BCUT2D eigenvalue weighted by Gasteiger charge is 2.18. The molecule has 5 rings (SSSR count). The monoisotopic (exact) mass is 512 g/mol. The molecule has 196 valence electrons. The van der Waals surface area contributed by atoms with Gasteiger partial charge in [0.1, 0.15) is 23.9 Å². The molecule has 0 saturated carbocycles. The number of nitrogens with one attached hydrogen (secondary N) is 1. The van der Waals surface area contributed by atoms with E-state index in [2.05, 4.69) is 5.32 Å². The van der Waals surface area contributed by atoms with Crippen molar-refractivity contribution in [1.29, 1.82) is 0 Å². The molecule has 1 aromatic heterocycles. The molecule has 1 aliphatic rings. The summed E-state index contributed by atoms with van der Waals surface area (Å²) in [4.78, 5) is 26.6. The van der Waals surface area contributed by atoms with Crippen molar-refractivity contribution >= 4 is 5.91 Å². The molecule has 1 amide bonds. The van der Waals surface area contributed by atoms with Gasteiger partial charge in [0.05, 0.1) is 11.4 Å². The summed E-state index contributed by atoms with van der Waals surface area (Å²) in [5, 5.41) is 3.35. The van der Waals surface area contributed by atoms with Crippen molar-refractivity contribution in [3.05, 3.63) is 102 Å². The molecule has 0 aliphatic carbocycles. The zero-order valence-electron chi connectivity index (χ0n) is 21.3. The number of ether oxygens (including phenoxy) is 2. The van der Waals surface area contributed by atoms with E-state index in [0.717, 1.165) is 61.9 Å². The van der Waals surface area contributed by atoms with Gasteiger partial charge < -0.3 is 19.7 Å². The lowest BCUT2D eigenvalue weighted by Crippen LogP contribution is -2.29. The summed E-state index contributed by atoms with van der Waals surface area (Å²) in [6.07, 6.45) is 6.13. The van der Waals surface area contributed by atoms with Crippen LogP contribution in [-0.2, 0) is 4.79 Å². The molecule has 3 aromatic carbocycles. The fourth-order valence-electron chi connectivity index (χ4n) is 4.47. The van der Waals surface area contributed by atoms with Gasteiger partial charge in [0.15, 0.2) is 0 Å². The molecule has 0 unspecified atom stereocenters. The molecule has 8 heteroatoms. The van der Waals surface area contributed by atoms with Gasteiger partial charge in [0.25, 0.3) is 0 Å². The largest absolute Gasteiger partial charge is 0.492 e. The van der Waals surface area contributed by atoms with E-state index >= 15 is 0 Å². The van der Waals surface area contributed by atoms with Crippen LogP contribution in [0.5, 0.6) is 17.2 Å². The van der Waals surface area contributed by atoms with E-state index in [1.807, 2.05) is 83.8 Å². The third-order valence-corrected chi connectivity index (χ3v) is 6.49. The van der Waals surface area contributed by atoms with Gasteiger partial charge in [-0.2, -0.15) is 0 Å². The maximum absolute atomic E-state index is 13.1. The number of likely N-dealkylation sites (tertiary alicyclic amines) is 1. The summed E-state index contributed by atoms with van der Waals surface area (Å²) in [6.45, 7) is 3.85. The predicted molar refractivity (Wildman–Crippen MR) is 147 cm³/mol. The predicted octanol–water partition coefficient (Wildman–Crippen LogP) is 4.40. The second-order valence-electron chi connectivity index (χ2n) is 9.16. The van der Waals surface area contributed by atoms with Crippen LogP contribution < -0.4 is 20.5 Å². The molecule has 8 nitrogen and oxygen atoms in total. The number of carbonyl (C=O) groups excluding carboxylic acids is 1. The molecule has 38 heavy (non-hydrogen) atoms. The molecule has 1 aliphatic heterocycles. The van der Waals surface area contributed by atoms with E-state index < -0.39 is 0 Å². The normalized spacial score (nSPS) is 13.2. The smallest absolute Gasteiger partial charge is 0.337 e. The Morgan fingerprint density at radius 1 is 0.737 bits per heavy atom. The van der Waals surface area contributed by atoms with Crippen LogP contribution in [0, 0.1) is 0 Å². The zero-order chi connectivity index (χ0) is 26.2. The second-order valence-corrected chi connectivity index (χ2v) is 9.16.